The van der Waals surface area contributed by atoms with Crippen molar-refractivity contribution in [1.29, 1.82) is 0 Å². The SMILES string of the molecule is Cc1nn(C)c(C)c1CC(C)C(=O)N(C)Cc1ncc[nH]1. The number of rotatable bonds is 5. The number of nitrogens with one attached hydrogen (secondary N) is 1. The number of H-pyrrole nitrogens is 1. The molecule has 0 spiro atoms. The Labute approximate surface area is 125 Å². The highest BCUT2D eigenvalue weighted by Gasteiger charge is 2.21. The fourth-order valence-electron chi connectivity index (χ4n) is 2.57. The van der Waals surface area contributed by atoms with Crippen LogP contribution in [-0.2, 0) is 24.8 Å². The van der Waals surface area contributed by atoms with Gasteiger partial charge in [0.15, 0.2) is 0 Å². The number of amides is 1. The summed E-state index contributed by atoms with van der Waals surface area (Å²) in [6, 6.07) is 0. The van der Waals surface area contributed by atoms with Gasteiger partial charge in [-0.25, -0.2) is 4.98 Å². The lowest BCUT2D eigenvalue weighted by molar-refractivity contribution is -0.134. The van der Waals surface area contributed by atoms with Gasteiger partial charge < -0.3 is 9.88 Å². The molecule has 6 heteroatoms. The smallest absolute Gasteiger partial charge is 0.225 e. The maximum atomic E-state index is 12.5. The zero-order chi connectivity index (χ0) is 15.6. The second-order valence-corrected chi connectivity index (χ2v) is 5.61. The van der Waals surface area contributed by atoms with E-state index in [1.54, 1.807) is 17.3 Å². The summed E-state index contributed by atoms with van der Waals surface area (Å²) in [5.74, 6) is 0.840. The van der Waals surface area contributed by atoms with E-state index in [-0.39, 0.29) is 11.8 Å². The van der Waals surface area contributed by atoms with Gasteiger partial charge in [0, 0.05) is 38.1 Å². The van der Waals surface area contributed by atoms with Crippen LogP contribution in [0.15, 0.2) is 12.4 Å². The number of hydrogen-bond acceptors (Lipinski definition) is 3. The summed E-state index contributed by atoms with van der Waals surface area (Å²) in [4.78, 5) is 21.3. The Hall–Kier alpha value is -2.11. The van der Waals surface area contributed by atoms with Gasteiger partial charge in [0.2, 0.25) is 5.91 Å². The first-order chi connectivity index (χ1) is 9.90. The minimum absolute atomic E-state index is 0.0773. The first-order valence-electron chi connectivity index (χ1n) is 7.12. The Morgan fingerprint density at radius 3 is 2.71 bits per heavy atom. The zero-order valence-corrected chi connectivity index (χ0v) is 13.3. The van der Waals surface area contributed by atoms with Crippen LogP contribution in [0.4, 0.5) is 0 Å². The normalized spacial score (nSPS) is 12.4. The van der Waals surface area contributed by atoms with E-state index in [4.69, 9.17) is 0 Å². The lowest BCUT2D eigenvalue weighted by Crippen LogP contribution is -2.32. The van der Waals surface area contributed by atoms with Crippen molar-refractivity contribution < 1.29 is 4.79 Å². The summed E-state index contributed by atoms with van der Waals surface area (Å²) >= 11 is 0. The van der Waals surface area contributed by atoms with E-state index in [1.807, 2.05) is 39.5 Å². The van der Waals surface area contributed by atoms with Gasteiger partial charge in [0.05, 0.1) is 12.2 Å². The molecule has 0 saturated heterocycles. The van der Waals surface area contributed by atoms with E-state index in [0.29, 0.717) is 13.0 Å². The summed E-state index contributed by atoms with van der Waals surface area (Å²) in [6.07, 6.45) is 4.17. The molecule has 2 aromatic heterocycles. The van der Waals surface area contributed by atoms with E-state index < -0.39 is 0 Å². The first kappa shape index (κ1) is 15.3. The van der Waals surface area contributed by atoms with Crippen LogP contribution in [0.3, 0.4) is 0 Å². The van der Waals surface area contributed by atoms with Gasteiger partial charge in [0.25, 0.3) is 0 Å². The standard InChI is InChI=1S/C15H23N5O/c1-10(8-13-11(2)18-20(5)12(13)3)15(21)19(4)9-14-16-6-7-17-14/h6-7,10H,8-9H2,1-5H3,(H,16,17). The van der Waals surface area contributed by atoms with Gasteiger partial charge in [-0.15, -0.1) is 0 Å². The molecule has 0 bridgehead atoms. The predicted molar refractivity (Wildman–Crippen MR) is 80.6 cm³/mol. The average molecular weight is 289 g/mol. The molecule has 0 aliphatic heterocycles. The molecular weight excluding hydrogens is 266 g/mol. The third kappa shape index (κ3) is 3.32. The number of hydrogen-bond donors (Lipinski definition) is 1. The lowest BCUT2D eigenvalue weighted by Gasteiger charge is -2.20. The molecule has 0 radical (unpaired) electrons. The highest BCUT2D eigenvalue weighted by molar-refractivity contribution is 5.78. The topological polar surface area (TPSA) is 66.8 Å². The summed E-state index contributed by atoms with van der Waals surface area (Å²) in [7, 11) is 3.74. The molecule has 1 amide bonds. The number of nitrogens with zero attached hydrogens (tertiary/aromatic N) is 4. The van der Waals surface area contributed by atoms with Gasteiger partial charge in [-0.1, -0.05) is 6.92 Å². The third-order valence-electron chi connectivity index (χ3n) is 3.91. The van der Waals surface area contributed by atoms with Crippen molar-refractivity contribution in [2.24, 2.45) is 13.0 Å². The molecule has 0 saturated carbocycles. The van der Waals surface area contributed by atoms with Crippen LogP contribution in [0.2, 0.25) is 0 Å². The van der Waals surface area contributed by atoms with Crippen LogP contribution < -0.4 is 0 Å². The largest absolute Gasteiger partial charge is 0.347 e. The number of carbonyl (C=O) groups is 1. The first-order valence-corrected chi connectivity index (χ1v) is 7.12. The van der Waals surface area contributed by atoms with E-state index in [2.05, 4.69) is 15.1 Å². The van der Waals surface area contributed by atoms with Crippen LogP contribution >= 0.6 is 0 Å². The Balaban J connectivity index is 2.02. The fraction of sp³-hybridized carbons (Fsp3) is 0.533. The Bertz CT molecular complexity index is 614. The number of aromatic amines is 1. The highest BCUT2D eigenvalue weighted by Crippen LogP contribution is 2.18. The van der Waals surface area contributed by atoms with Crippen LogP contribution in [0, 0.1) is 19.8 Å². The van der Waals surface area contributed by atoms with Crippen molar-refractivity contribution in [2.75, 3.05) is 7.05 Å². The van der Waals surface area contributed by atoms with Crippen molar-refractivity contribution >= 4 is 5.91 Å². The lowest BCUT2D eigenvalue weighted by atomic mass is 9.98. The van der Waals surface area contributed by atoms with Crippen molar-refractivity contribution in [3.8, 4) is 0 Å². The van der Waals surface area contributed by atoms with Crippen molar-refractivity contribution in [1.82, 2.24) is 24.6 Å². The molecule has 2 aromatic rings. The number of imidazole rings is 1. The Morgan fingerprint density at radius 2 is 2.19 bits per heavy atom. The van der Waals surface area contributed by atoms with Crippen LogP contribution in [0.1, 0.15) is 29.7 Å². The van der Waals surface area contributed by atoms with Crippen molar-refractivity contribution in [3.05, 3.63) is 35.2 Å². The molecule has 6 nitrogen and oxygen atoms in total. The van der Waals surface area contributed by atoms with Crippen molar-refractivity contribution in [3.63, 3.8) is 0 Å². The van der Waals surface area contributed by atoms with Crippen molar-refractivity contribution in [2.45, 2.75) is 33.7 Å². The molecule has 1 N–H and O–H groups in total. The number of aryl methyl sites for hydroxylation is 2. The fourth-order valence-corrected chi connectivity index (χ4v) is 2.57. The summed E-state index contributed by atoms with van der Waals surface area (Å²) in [5.41, 5.74) is 3.30. The van der Waals surface area contributed by atoms with Gasteiger partial charge in [-0.05, 0) is 25.8 Å². The van der Waals surface area contributed by atoms with E-state index >= 15 is 0 Å². The van der Waals surface area contributed by atoms with Crippen LogP contribution in [0.5, 0.6) is 0 Å². The quantitative estimate of drug-likeness (QED) is 0.909. The predicted octanol–water partition coefficient (Wildman–Crippen LogP) is 1.60. The van der Waals surface area contributed by atoms with Crippen LogP contribution in [0.25, 0.3) is 0 Å². The minimum atomic E-state index is -0.0773. The molecule has 0 aliphatic rings. The molecule has 1 atom stereocenters. The molecule has 21 heavy (non-hydrogen) atoms. The maximum absolute atomic E-state index is 12.5. The average Bonchev–Trinajstić information content (AvgIpc) is 3.02. The van der Waals surface area contributed by atoms with E-state index in [9.17, 15) is 4.79 Å². The van der Waals surface area contributed by atoms with E-state index in [0.717, 1.165) is 17.2 Å². The molecule has 2 heterocycles. The van der Waals surface area contributed by atoms with Crippen LogP contribution in [-0.4, -0.2) is 37.6 Å². The Morgan fingerprint density at radius 1 is 1.48 bits per heavy atom. The number of aromatic nitrogens is 4. The van der Waals surface area contributed by atoms with E-state index in [1.165, 1.54) is 5.56 Å². The summed E-state index contributed by atoms with van der Waals surface area (Å²) < 4.78 is 1.87. The second-order valence-electron chi connectivity index (χ2n) is 5.61. The zero-order valence-electron chi connectivity index (χ0n) is 13.3. The number of carbonyl (C=O) groups excluding carboxylic acids is 1. The second kappa shape index (κ2) is 6.11. The molecule has 0 aliphatic carbocycles. The minimum Gasteiger partial charge on any atom is -0.347 e. The summed E-state index contributed by atoms with van der Waals surface area (Å²) in [5, 5.41) is 4.41. The monoisotopic (exact) mass is 289 g/mol. The third-order valence-corrected chi connectivity index (χ3v) is 3.91. The Kier molecular flexibility index (Phi) is 4.45. The van der Waals surface area contributed by atoms with Gasteiger partial charge >= 0.3 is 0 Å². The van der Waals surface area contributed by atoms with Gasteiger partial charge in [0.1, 0.15) is 5.82 Å². The molecule has 114 valence electrons. The van der Waals surface area contributed by atoms with Gasteiger partial charge in [-0.3, -0.25) is 9.48 Å². The van der Waals surface area contributed by atoms with Gasteiger partial charge in [-0.2, -0.15) is 5.10 Å². The molecular formula is C15H23N5O. The maximum Gasteiger partial charge on any atom is 0.225 e. The summed E-state index contributed by atoms with van der Waals surface area (Å²) in [6.45, 7) is 6.50. The molecule has 0 aromatic carbocycles. The highest BCUT2D eigenvalue weighted by atomic mass is 16.2. The molecule has 2 rings (SSSR count). The molecule has 1 unspecified atom stereocenters. The molecule has 0 fully saturated rings.